The van der Waals surface area contributed by atoms with Gasteiger partial charge in [0.15, 0.2) is 0 Å². The molecule has 0 fully saturated rings. The fourth-order valence-corrected chi connectivity index (χ4v) is 4.19. The van der Waals surface area contributed by atoms with E-state index in [4.69, 9.17) is 11.6 Å². The van der Waals surface area contributed by atoms with Crippen LogP contribution in [-0.4, -0.2) is 17.6 Å². The van der Waals surface area contributed by atoms with E-state index in [-0.39, 0.29) is 29.9 Å². The van der Waals surface area contributed by atoms with Gasteiger partial charge in [-0.1, -0.05) is 60.6 Å². The lowest BCUT2D eigenvalue weighted by atomic mass is 9.87. The summed E-state index contributed by atoms with van der Waals surface area (Å²) in [4.78, 5) is 24.6. The minimum Gasteiger partial charge on any atom is -0.325 e. The minimum atomic E-state index is -0.350. The van der Waals surface area contributed by atoms with Gasteiger partial charge in [-0.05, 0) is 35.7 Å². The van der Waals surface area contributed by atoms with Crippen LogP contribution in [-0.2, 0) is 16.0 Å². The second-order valence-corrected chi connectivity index (χ2v) is 7.98. The predicted molar refractivity (Wildman–Crippen MR) is 116 cm³/mol. The van der Waals surface area contributed by atoms with Crippen LogP contribution < -0.4 is 10.6 Å². The van der Waals surface area contributed by atoms with Crippen molar-refractivity contribution >= 4 is 40.9 Å². The molecule has 1 aliphatic rings. The van der Waals surface area contributed by atoms with Crippen LogP contribution in [0.5, 0.6) is 0 Å². The van der Waals surface area contributed by atoms with Gasteiger partial charge in [-0.15, -0.1) is 0 Å². The van der Waals surface area contributed by atoms with Gasteiger partial charge in [0.25, 0.3) is 0 Å². The zero-order valence-electron chi connectivity index (χ0n) is 15.9. The number of hydrogen-bond acceptors (Lipinski definition) is 4. The van der Waals surface area contributed by atoms with E-state index in [1.54, 1.807) is 12.1 Å². The van der Waals surface area contributed by atoms with E-state index in [0.717, 1.165) is 35.0 Å². The number of hydrogen-bond donors (Lipinski definition) is 2. The van der Waals surface area contributed by atoms with E-state index in [1.165, 1.54) is 0 Å². The Kier molecular flexibility index (Phi) is 6.97. The smallest absolute Gasteiger partial charge is 0.234 e. The number of nitriles is 1. The Labute approximate surface area is 179 Å². The van der Waals surface area contributed by atoms with Gasteiger partial charge >= 0.3 is 0 Å². The third-order valence-electron chi connectivity index (χ3n) is 4.65. The van der Waals surface area contributed by atoms with Crippen LogP contribution >= 0.6 is 23.4 Å². The van der Waals surface area contributed by atoms with Gasteiger partial charge in [-0.3, -0.25) is 9.59 Å². The standard InChI is InChI=1S/C22H20ClN3O2S/c1-2-14-5-3-4-6-19(14)25-21(28)13-29-22-18(12-24)17(11-20(27)26-22)15-7-9-16(23)10-8-15/h3-10,17H,2,11,13H2,1H3,(H,25,28)(H,26,27)/t17-/m1/s1. The van der Waals surface area contributed by atoms with Gasteiger partial charge in [0.1, 0.15) is 0 Å². The second kappa shape index (κ2) is 9.64. The van der Waals surface area contributed by atoms with Crippen LogP contribution in [0.15, 0.2) is 59.1 Å². The topological polar surface area (TPSA) is 82.0 Å². The monoisotopic (exact) mass is 425 g/mol. The summed E-state index contributed by atoms with van der Waals surface area (Å²) in [6.07, 6.45) is 0.997. The molecule has 0 unspecified atom stereocenters. The van der Waals surface area contributed by atoms with E-state index < -0.39 is 0 Å². The quantitative estimate of drug-likeness (QED) is 0.707. The summed E-state index contributed by atoms with van der Waals surface area (Å²) in [6.45, 7) is 2.03. The molecule has 2 amide bonds. The van der Waals surface area contributed by atoms with E-state index in [1.807, 2.05) is 43.3 Å². The molecule has 0 radical (unpaired) electrons. The number of allylic oxidation sites excluding steroid dienone is 1. The van der Waals surface area contributed by atoms with Gasteiger partial charge in [0.05, 0.1) is 22.4 Å². The molecular formula is C22H20ClN3O2S. The first kappa shape index (κ1) is 21.0. The first-order valence-corrected chi connectivity index (χ1v) is 10.6. The van der Waals surface area contributed by atoms with Crippen molar-refractivity contribution in [3.63, 3.8) is 0 Å². The predicted octanol–water partition coefficient (Wildman–Crippen LogP) is 4.61. The molecule has 29 heavy (non-hydrogen) atoms. The number of carbonyl (C=O) groups excluding carboxylic acids is 2. The van der Waals surface area contributed by atoms with Crippen molar-refractivity contribution in [2.45, 2.75) is 25.7 Å². The van der Waals surface area contributed by atoms with Crippen molar-refractivity contribution in [3.8, 4) is 6.07 Å². The van der Waals surface area contributed by atoms with Crippen LogP contribution in [0.4, 0.5) is 5.69 Å². The SMILES string of the molecule is CCc1ccccc1NC(=O)CSC1=C(C#N)[C@@H](c2ccc(Cl)cc2)CC(=O)N1. The Morgan fingerprint density at radius 3 is 2.69 bits per heavy atom. The van der Waals surface area contributed by atoms with E-state index >= 15 is 0 Å². The summed E-state index contributed by atoms with van der Waals surface area (Å²) >= 11 is 7.11. The van der Waals surface area contributed by atoms with Crippen molar-refractivity contribution in [1.82, 2.24) is 5.32 Å². The second-order valence-electron chi connectivity index (χ2n) is 6.56. The Morgan fingerprint density at radius 2 is 2.00 bits per heavy atom. The van der Waals surface area contributed by atoms with Crippen LogP contribution in [0.1, 0.15) is 30.4 Å². The van der Waals surface area contributed by atoms with Gasteiger partial charge < -0.3 is 10.6 Å². The summed E-state index contributed by atoms with van der Waals surface area (Å²) in [6, 6.07) is 17.0. The molecule has 3 rings (SSSR count). The number of halogens is 1. The average molecular weight is 426 g/mol. The van der Waals surface area contributed by atoms with Gasteiger partial charge in [-0.25, -0.2) is 0 Å². The molecule has 1 heterocycles. The van der Waals surface area contributed by atoms with Crippen molar-refractivity contribution < 1.29 is 9.59 Å². The Bertz CT molecular complexity index is 996. The maximum absolute atomic E-state index is 12.4. The zero-order valence-corrected chi connectivity index (χ0v) is 17.4. The summed E-state index contributed by atoms with van der Waals surface area (Å²) in [5, 5.41) is 16.4. The van der Waals surface area contributed by atoms with Crippen LogP contribution in [0.2, 0.25) is 5.02 Å². The Hall–Kier alpha value is -2.75. The van der Waals surface area contributed by atoms with E-state index in [9.17, 15) is 14.9 Å². The number of benzene rings is 2. The summed E-state index contributed by atoms with van der Waals surface area (Å²) in [7, 11) is 0. The number of carbonyl (C=O) groups is 2. The molecule has 1 atom stereocenters. The largest absolute Gasteiger partial charge is 0.325 e. The summed E-state index contributed by atoms with van der Waals surface area (Å²) in [5.41, 5.74) is 3.14. The fourth-order valence-electron chi connectivity index (χ4n) is 3.19. The maximum atomic E-state index is 12.4. The normalized spacial score (nSPS) is 16.2. The molecule has 148 valence electrons. The molecule has 0 saturated carbocycles. The van der Waals surface area contributed by atoms with Crippen LogP contribution in [0, 0.1) is 11.3 Å². The third-order valence-corrected chi connectivity index (χ3v) is 5.92. The van der Waals surface area contributed by atoms with Gasteiger partial charge in [0, 0.05) is 23.0 Å². The molecule has 0 bridgehead atoms. The summed E-state index contributed by atoms with van der Waals surface area (Å²) < 4.78 is 0. The highest BCUT2D eigenvalue weighted by Gasteiger charge is 2.29. The molecule has 2 aromatic rings. The van der Waals surface area contributed by atoms with Crippen molar-refractivity contribution in [1.29, 1.82) is 5.26 Å². The number of amides is 2. The number of nitrogens with one attached hydrogen (secondary N) is 2. The molecule has 0 aliphatic carbocycles. The molecule has 2 aromatic carbocycles. The molecule has 1 aliphatic heterocycles. The van der Waals surface area contributed by atoms with E-state index in [0.29, 0.717) is 15.6 Å². The van der Waals surface area contributed by atoms with Crippen molar-refractivity contribution in [2.24, 2.45) is 0 Å². The maximum Gasteiger partial charge on any atom is 0.234 e. The van der Waals surface area contributed by atoms with Crippen molar-refractivity contribution in [3.05, 3.63) is 75.3 Å². The van der Waals surface area contributed by atoms with Gasteiger partial charge in [-0.2, -0.15) is 5.26 Å². The van der Waals surface area contributed by atoms with Gasteiger partial charge in [0.2, 0.25) is 11.8 Å². The fraction of sp³-hybridized carbons (Fsp3) is 0.227. The first-order chi connectivity index (χ1) is 14.0. The lowest BCUT2D eigenvalue weighted by Crippen LogP contribution is -2.31. The Morgan fingerprint density at radius 1 is 1.28 bits per heavy atom. The highest BCUT2D eigenvalue weighted by molar-refractivity contribution is 8.03. The number of aryl methyl sites for hydroxylation is 1. The molecule has 5 nitrogen and oxygen atoms in total. The lowest BCUT2D eigenvalue weighted by molar-refractivity contribution is -0.121. The zero-order chi connectivity index (χ0) is 20.8. The number of nitrogens with zero attached hydrogens (tertiary/aromatic N) is 1. The number of thioether (sulfide) groups is 1. The summed E-state index contributed by atoms with van der Waals surface area (Å²) in [5.74, 6) is -0.629. The molecule has 7 heteroatoms. The van der Waals surface area contributed by atoms with Crippen molar-refractivity contribution in [2.75, 3.05) is 11.1 Å². The molecular weight excluding hydrogens is 406 g/mol. The van der Waals surface area contributed by atoms with Crippen LogP contribution in [0.25, 0.3) is 0 Å². The third kappa shape index (κ3) is 5.20. The van der Waals surface area contributed by atoms with Crippen LogP contribution in [0.3, 0.4) is 0 Å². The van der Waals surface area contributed by atoms with E-state index in [2.05, 4.69) is 16.7 Å². The number of rotatable bonds is 6. The average Bonchev–Trinajstić information content (AvgIpc) is 2.72. The number of anilines is 1. The highest BCUT2D eigenvalue weighted by atomic mass is 35.5. The minimum absolute atomic E-state index is 0.0895. The number of para-hydroxylation sites is 1. The molecule has 2 N–H and O–H groups in total. The molecule has 0 saturated heterocycles. The highest BCUT2D eigenvalue weighted by Crippen LogP contribution is 2.36. The first-order valence-electron chi connectivity index (χ1n) is 9.22. The Balaban J connectivity index is 1.75. The molecule has 0 spiro atoms. The molecule has 0 aromatic heterocycles. The lowest BCUT2D eigenvalue weighted by Gasteiger charge is -2.25.